The molecule has 1 aromatic heterocycles. The fraction of sp³-hybridized carbons (Fsp3) is 0.353. The topological polar surface area (TPSA) is 79.0 Å². The van der Waals surface area contributed by atoms with E-state index < -0.39 is 0 Å². The van der Waals surface area contributed by atoms with Gasteiger partial charge in [0.05, 0.1) is 13.2 Å². The molecule has 1 aromatic carbocycles. The van der Waals surface area contributed by atoms with Crippen molar-refractivity contribution in [1.29, 1.82) is 0 Å². The van der Waals surface area contributed by atoms with Gasteiger partial charge in [-0.05, 0) is 44.2 Å². The Bertz CT molecular complexity index is 679. The lowest BCUT2D eigenvalue weighted by molar-refractivity contribution is 0.410. The first-order valence-corrected chi connectivity index (χ1v) is 7.43. The molecule has 23 heavy (non-hydrogen) atoms. The first-order valence-electron chi connectivity index (χ1n) is 7.43. The minimum Gasteiger partial charge on any atom is -0.508 e. The molecule has 0 bridgehead atoms. The van der Waals surface area contributed by atoms with Crippen molar-refractivity contribution in [3.8, 4) is 11.5 Å². The summed E-state index contributed by atoms with van der Waals surface area (Å²) in [7, 11) is 3.29. The summed E-state index contributed by atoms with van der Waals surface area (Å²) in [5.41, 5.74) is 0.730. The Balaban J connectivity index is 1.98. The second kappa shape index (κ2) is 7.58. The SMILES string of the molecule is CN=C(NCc1cc(OC)ccc1O)NC(C)c1ccc(C)o1. The number of hydrogen-bond donors (Lipinski definition) is 3. The molecular weight excluding hydrogens is 294 g/mol. The number of phenolic OH excluding ortho intramolecular Hbond substituents is 1. The lowest BCUT2D eigenvalue weighted by Crippen LogP contribution is -2.38. The number of ether oxygens (including phenoxy) is 1. The minimum absolute atomic E-state index is 0.0196. The third-order valence-corrected chi connectivity index (χ3v) is 3.50. The van der Waals surface area contributed by atoms with Gasteiger partial charge in [0.15, 0.2) is 5.96 Å². The van der Waals surface area contributed by atoms with E-state index in [-0.39, 0.29) is 11.8 Å². The number of nitrogens with one attached hydrogen (secondary N) is 2. The number of guanidine groups is 1. The van der Waals surface area contributed by atoms with E-state index in [1.807, 2.05) is 26.0 Å². The molecule has 124 valence electrons. The molecule has 0 saturated heterocycles. The van der Waals surface area contributed by atoms with Crippen molar-refractivity contribution in [2.75, 3.05) is 14.2 Å². The van der Waals surface area contributed by atoms with Crippen molar-refractivity contribution in [2.24, 2.45) is 4.99 Å². The van der Waals surface area contributed by atoms with Crippen LogP contribution in [0.15, 0.2) is 39.7 Å². The first kappa shape index (κ1) is 16.7. The number of phenols is 1. The van der Waals surface area contributed by atoms with Gasteiger partial charge in [-0.25, -0.2) is 0 Å². The number of hydrogen-bond acceptors (Lipinski definition) is 4. The van der Waals surface area contributed by atoms with Crippen molar-refractivity contribution < 1.29 is 14.3 Å². The van der Waals surface area contributed by atoms with Crippen LogP contribution in [0.2, 0.25) is 0 Å². The smallest absolute Gasteiger partial charge is 0.191 e. The number of methoxy groups -OCH3 is 1. The van der Waals surface area contributed by atoms with E-state index in [0.29, 0.717) is 18.3 Å². The number of aliphatic imine (C=N–C) groups is 1. The third kappa shape index (κ3) is 4.42. The van der Waals surface area contributed by atoms with Gasteiger partial charge in [0.2, 0.25) is 0 Å². The summed E-state index contributed by atoms with van der Waals surface area (Å²) in [6.07, 6.45) is 0. The molecule has 2 rings (SSSR count). The molecule has 0 radical (unpaired) electrons. The molecule has 1 unspecified atom stereocenters. The standard InChI is InChI=1S/C17H23N3O3/c1-11-5-8-16(23-11)12(2)20-17(18-3)19-10-13-9-14(22-4)6-7-15(13)21/h5-9,12,21H,10H2,1-4H3,(H2,18,19,20). The zero-order chi connectivity index (χ0) is 16.8. The molecule has 0 aliphatic carbocycles. The average Bonchev–Trinajstić information content (AvgIpc) is 2.99. The molecule has 0 aliphatic rings. The molecule has 1 atom stereocenters. The fourth-order valence-electron chi connectivity index (χ4n) is 2.17. The summed E-state index contributed by atoms with van der Waals surface area (Å²) >= 11 is 0. The summed E-state index contributed by atoms with van der Waals surface area (Å²) in [6, 6.07) is 8.96. The van der Waals surface area contributed by atoms with E-state index in [2.05, 4.69) is 15.6 Å². The van der Waals surface area contributed by atoms with Crippen LogP contribution in [-0.4, -0.2) is 25.2 Å². The van der Waals surface area contributed by atoms with Crippen LogP contribution < -0.4 is 15.4 Å². The van der Waals surface area contributed by atoms with E-state index in [1.54, 1.807) is 32.4 Å². The van der Waals surface area contributed by atoms with Crippen LogP contribution in [0.25, 0.3) is 0 Å². The maximum atomic E-state index is 9.91. The van der Waals surface area contributed by atoms with Crippen molar-refractivity contribution in [2.45, 2.75) is 26.4 Å². The van der Waals surface area contributed by atoms with Crippen LogP contribution in [0, 0.1) is 6.92 Å². The lowest BCUT2D eigenvalue weighted by atomic mass is 10.2. The van der Waals surface area contributed by atoms with Gasteiger partial charge in [-0.3, -0.25) is 4.99 Å². The second-order valence-electron chi connectivity index (χ2n) is 5.23. The van der Waals surface area contributed by atoms with Crippen LogP contribution in [0.5, 0.6) is 11.5 Å². The average molecular weight is 317 g/mol. The fourth-order valence-corrected chi connectivity index (χ4v) is 2.17. The summed E-state index contributed by atoms with van der Waals surface area (Å²) < 4.78 is 10.8. The highest BCUT2D eigenvalue weighted by Crippen LogP contribution is 2.22. The zero-order valence-corrected chi connectivity index (χ0v) is 13.9. The summed E-state index contributed by atoms with van der Waals surface area (Å²) in [6.45, 7) is 4.33. The summed E-state index contributed by atoms with van der Waals surface area (Å²) in [5.74, 6) is 3.24. The number of aryl methyl sites for hydroxylation is 1. The van der Waals surface area contributed by atoms with Crippen molar-refractivity contribution >= 4 is 5.96 Å². The van der Waals surface area contributed by atoms with Gasteiger partial charge in [-0.1, -0.05) is 0 Å². The monoisotopic (exact) mass is 317 g/mol. The van der Waals surface area contributed by atoms with Gasteiger partial charge >= 0.3 is 0 Å². The molecule has 0 spiro atoms. The van der Waals surface area contributed by atoms with Crippen LogP contribution in [0.4, 0.5) is 0 Å². The predicted molar refractivity (Wildman–Crippen MR) is 89.9 cm³/mol. The van der Waals surface area contributed by atoms with Crippen molar-refractivity contribution in [3.05, 3.63) is 47.4 Å². The Morgan fingerprint density at radius 3 is 2.74 bits per heavy atom. The van der Waals surface area contributed by atoms with Crippen molar-refractivity contribution in [1.82, 2.24) is 10.6 Å². The Hall–Kier alpha value is -2.63. The summed E-state index contributed by atoms with van der Waals surface area (Å²) in [4.78, 5) is 4.19. The van der Waals surface area contributed by atoms with E-state index in [0.717, 1.165) is 17.1 Å². The Morgan fingerprint density at radius 1 is 1.35 bits per heavy atom. The van der Waals surface area contributed by atoms with Crippen LogP contribution in [0.1, 0.15) is 30.0 Å². The molecule has 0 amide bonds. The minimum atomic E-state index is -0.0196. The highest BCUT2D eigenvalue weighted by molar-refractivity contribution is 5.80. The molecule has 0 aliphatic heterocycles. The van der Waals surface area contributed by atoms with Gasteiger partial charge in [0.1, 0.15) is 23.0 Å². The maximum absolute atomic E-state index is 9.91. The van der Waals surface area contributed by atoms with E-state index >= 15 is 0 Å². The number of furan rings is 1. The quantitative estimate of drug-likeness (QED) is 0.584. The van der Waals surface area contributed by atoms with Gasteiger partial charge in [-0.2, -0.15) is 0 Å². The van der Waals surface area contributed by atoms with E-state index in [1.165, 1.54) is 0 Å². The highest BCUT2D eigenvalue weighted by atomic mass is 16.5. The number of aromatic hydroxyl groups is 1. The van der Waals surface area contributed by atoms with Crippen LogP contribution >= 0.6 is 0 Å². The Labute approximate surface area is 136 Å². The van der Waals surface area contributed by atoms with Gasteiger partial charge in [0.25, 0.3) is 0 Å². The summed E-state index contributed by atoms with van der Waals surface area (Å²) in [5, 5.41) is 16.3. The number of nitrogens with zero attached hydrogens (tertiary/aromatic N) is 1. The lowest BCUT2D eigenvalue weighted by Gasteiger charge is -2.17. The van der Waals surface area contributed by atoms with Gasteiger partial charge in [0, 0.05) is 19.2 Å². The van der Waals surface area contributed by atoms with Crippen LogP contribution in [0.3, 0.4) is 0 Å². The molecule has 3 N–H and O–H groups in total. The number of benzene rings is 1. The van der Waals surface area contributed by atoms with Crippen LogP contribution in [-0.2, 0) is 6.54 Å². The molecule has 6 nitrogen and oxygen atoms in total. The highest BCUT2D eigenvalue weighted by Gasteiger charge is 2.12. The first-order chi connectivity index (χ1) is 11.0. The third-order valence-electron chi connectivity index (χ3n) is 3.50. The Kier molecular flexibility index (Phi) is 5.51. The maximum Gasteiger partial charge on any atom is 0.191 e. The van der Waals surface area contributed by atoms with Gasteiger partial charge < -0.3 is 24.9 Å². The predicted octanol–water partition coefficient (Wildman–Crippen LogP) is 2.73. The van der Waals surface area contributed by atoms with Crippen molar-refractivity contribution in [3.63, 3.8) is 0 Å². The molecule has 2 aromatic rings. The van der Waals surface area contributed by atoms with E-state index in [9.17, 15) is 5.11 Å². The largest absolute Gasteiger partial charge is 0.508 e. The Morgan fingerprint density at radius 2 is 2.13 bits per heavy atom. The molecule has 0 fully saturated rings. The zero-order valence-electron chi connectivity index (χ0n) is 13.9. The van der Waals surface area contributed by atoms with E-state index in [4.69, 9.17) is 9.15 Å². The molecule has 6 heteroatoms. The number of rotatable bonds is 5. The normalized spacial score (nSPS) is 12.8. The molecule has 0 saturated carbocycles. The van der Waals surface area contributed by atoms with Gasteiger partial charge in [-0.15, -0.1) is 0 Å². The molecule has 1 heterocycles. The second-order valence-corrected chi connectivity index (χ2v) is 5.23. The molecular formula is C17H23N3O3.